The molecule has 0 saturated heterocycles. The summed E-state index contributed by atoms with van der Waals surface area (Å²) in [6.07, 6.45) is 9.61. The Kier molecular flexibility index (Phi) is 6.02. The quantitative estimate of drug-likeness (QED) is 0.601. The Morgan fingerprint density at radius 2 is 1.97 bits per heavy atom. The van der Waals surface area contributed by atoms with Crippen LogP contribution in [0.1, 0.15) is 55.8 Å². The van der Waals surface area contributed by atoms with Gasteiger partial charge in [-0.15, -0.1) is 0 Å². The molecule has 0 spiro atoms. The molecular formula is C24H26FN3O2. The van der Waals surface area contributed by atoms with Gasteiger partial charge in [-0.25, -0.2) is 9.37 Å². The van der Waals surface area contributed by atoms with Gasteiger partial charge >= 0.3 is 0 Å². The zero-order valence-electron chi connectivity index (χ0n) is 17.2. The van der Waals surface area contributed by atoms with E-state index in [4.69, 9.17) is 0 Å². The lowest BCUT2D eigenvalue weighted by molar-refractivity contribution is -0.122. The van der Waals surface area contributed by atoms with Gasteiger partial charge < -0.3 is 0 Å². The van der Waals surface area contributed by atoms with Crippen LogP contribution in [-0.4, -0.2) is 20.3 Å². The third kappa shape index (κ3) is 4.48. The van der Waals surface area contributed by atoms with E-state index >= 15 is 0 Å². The molecule has 1 atom stereocenters. The van der Waals surface area contributed by atoms with E-state index in [1.165, 1.54) is 35.5 Å². The highest BCUT2D eigenvalue weighted by molar-refractivity contribution is 5.85. The summed E-state index contributed by atoms with van der Waals surface area (Å²) in [4.78, 5) is 35.2. The molecule has 1 aromatic carbocycles. The number of pyridine rings is 1. The number of halogens is 1. The second kappa shape index (κ2) is 8.86. The van der Waals surface area contributed by atoms with Crippen molar-refractivity contribution in [1.82, 2.24) is 14.5 Å². The van der Waals surface area contributed by atoms with Crippen molar-refractivity contribution in [3.05, 3.63) is 70.3 Å². The number of carbonyl (C=O) groups excluding carboxylic acids is 1. The van der Waals surface area contributed by atoms with Gasteiger partial charge in [-0.3, -0.25) is 19.1 Å². The second-order valence-corrected chi connectivity index (χ2v) is 8.34. The van der Waals surface area contributed by atoms with E-state index in [1.54, 1.807) is 6.20 Å². The lowest BCUT2D eigenvalue weighted by Gasteiger charge is -2.27. The molecule has 1 unspecified atom stereocenters. The highest BCUT2D eigenvalue weighted by Gasteiger charge is 2.27. The first-order chi connectivity index (χ1) is 14.5. The molecule has 30 heavy (non-hydrogen) atoms. The van der Waals surface area contributed by atoms with Gasteiger partial charge in [0, 0.05) is 11.9 Å². The normalized spacial score (nSPS) is 15.9. The molecule has 6 heteroatoms. The topological polar surface area (TPSA) is 64.8 Å². The first kappa shape index (κ1) is 20.4. The molecule has 0 N–H and O–H groups in total. The summed E-state index contributed by atoms with van der Waals surface area (Å²) in [7, 11) is 0. The molecule has 0 bridgehead atoms. The number of nitrogens with zero attached hydrogens (tertiary/aromatic N) is 3. The van der Waals surface area contributed by atoms with Crippen LogP contribution in [-0.2, 0) is 11.2 Å². The van der Waals surface area contributed by atoms with Crippen molar-refractivity contribution >= 4 is 16.7 Å². The number of ketones is 1. The van der Waals surface area contributed by atoms with Gasteiger partial charge in [0.25, 0.3) is 5.56 Å². The standard InChI is InChI=1S/C24H26FN3O2/c1-16-7-9-19(26-14-16)13-23(29)22(11-17-5-3-2-4-6-17)28-15-27-21-10-8-18(25)12-20(21)24(28)30/h7-10,12,14-15,17,22H,2-6,11,13H2,1H3. The molecule has 0 aliphatic heterocycles. The van der Waals surface area contributed by atoms with Crippen molar-refractivity contribution in [1.29, 1.82) is 0 Å². The Labute approximate surface area is 175 Å². The lowest BCUT2D eigenvalue weighted by atomic mass is 9.83. The first-order valence-corrected chi connectivity index (χ1v) is 10.6. The number of hydrogen-bond donors (Lipinski definition) is 0. The summed E-state index contributed by atoms with van der Waals surface area (Å²) >= 11 is 0. The smallest absolute Gasteiger partial charge is 0.261 e. The van der Waals surface area contributed by atoms with Gasteiger partial charge in [-0.05, 0) is 49.1 Å². The van der Waals surface area contributed by atoms with Crippen LogP contribution in [0.2, 0.25) is 0 Å². The summed E-state index contributed by atoms with van der Waals surface area (Å²) in [6.45, 7) is 1.95. The largest absolute Gasteiger partial charge is 0.297 e. The van der Waals surface area contributed by atoms with Gasteiger partial charge in [0.15, 0.2) is 5.78 Å². The van der Waals surface area contributed by atoms with Crippen LogP contribution in [0.4, 0.5) is 4.39 Å². The Morgan fingerprint density at radius 3 is 2.70 bits per heavy atom. The SMILES string of the molecule is Cc1ccc(CC(=O)C(CC2CCCCC2)n2cnc3ccc(F)cc3c2=O)nc1. The fraction of sp³-hybridized carbons (Fsp3) is 0.417. The Hall–Kier alpha value is -2.89. The van der Waals surface area contributed by atoms with Crippen LogP contribution in [0.25, 0.3) is 10.9 Å². The number of hydrogen-bond acceptors (Lipinski definition) is 4. The number of Topliss-reactive ketones (excluding diaryl/α,β-unsaturated/α-hetero) is 1. The zero-order valence-corrected chi connectivity index (χ0v) is 17.2. The van der Waals surface area contributed by atoms with E-state index < -0.39 is 11.9 Å². The van der Waals surface area contributed by atoms with E-state index in [2.05, 4.69) is 9.97 Å². The number of rotatable bonds is 6. The van der Waals surface area contributed by atoms with E-state index in [0.717, 1.165) is 31.2 Å². The summed E-state index contributed by atoms with van der Waals surface area (Å²) in [5.41, 5.74) is 1.78. The van der Waals surface area contributed by atoms with Crippen molar-refractivity contribution in [2.45, 2.75) is 57.9 Å². The van der Waals surface area contributed by atoms with Crippen molar-refractivity contribution < 1.29 is 9.18 Å². The predicted octanol–water partition coefficient (Wildman–Crippen LogP) is 4.56. The number of fused-ring (bicyclic) bond motifs is 1. The fourth-order valence-corrected chi connectivity index (χ4v) is 4.37. The molecule has 2 aromatic heterocycles. The molecule has 2 heterocycles. The highest BCUT2D eigenvalue weighted by atomic mass is 19.1. The van der Waals surface area contributed by atoms with Crippen LogP contribution < -0.4 is 5.56 Å². The minimum absolute atomic E-state index is 0.0587. The average molecular weight is 407 g/mol. The molecule has 1 aliphatic rings. The molecule has 1 aliphatic carbocycles. The van der Waals surface area contributed by atoms with E-state index in [0.29, 0.717) is 23.5 Å². The number of aryl methyl sites for hydroxylation is 1. The monoisotopic (exact) mass is 407 g/mol. The molecule has 5 nitrogen and oxygen atoms in total. The molecule has 0 amide bonds. The summed E-state index contributed by atoms with van der Waals surface area (Å²) in [5, 5.41) is 0.201. The van der Waals surface area contributed by atoms with Gasteiger partial charge in [0.05, 0.1) is 29.7 Å². The maximum absolute atomic E-state index is 13.7. The summed E-state index contributed by atoms with van der Waals surface area (Å²) in [6, 6.07) is 7.13. The minimum atomic E-state index is -0.621. The van der Waals surface area contributed by atoms with Gasteiger partial charge in [-0.1, -0.05) is 38.2 Å². The van der Waals surface area contributed by atoms with E-state index in [-0.39, 0.29) is 23.1 Å². The minimum Gasteiger partial charge on any atom is -0.297 e. The van der Waals surface area contributed by atoms with E-state index in [9.17, 15) is 14.0 Å². The Bertz CT molecular complexity index is 1100. The summed E-state index contributed by atoms with van der Waals surface area (Å²) < 4.78 is 15.2. The average Bonchev–Trinajstić information content (AvgIpc) is 2.75. The van der Waals surface area contributed by atoms with Crippen LogP contribution >= 0.6 is 0 Å². The number of carbonyl (C=O) groups is 1. The van der Waals surface area contributed by atoms with Crippen molar-refractivity contribution in [3.8, 4) is 0 Å². The Balaban J connectivity index is 1.69. The highest BCUT2D eigenvalue weighted by Crippen LogP contribution is 2.31. The van der Waals surface area contributed by atoms with Crippen LogP contribution in [0.5, 0.6) is 0 Å². The molecule has 1 saturated carbocycles. The zero-order chi connectivity index (χ0) is 21.1. The fourth-order valence-electron chi connectivity index (χ4n) is 4.37. The molecule has 156 valence electrons. The number of benzene rings is 1. The maximum atomic E-state index is 13.7. The van der Waals surface area contributed by atoms with Crippen LogP contribution in [0, 0.1) is 18.7 Å². The van der Waals surface area contributed by atoms with Crippen molar-refractivity contribution in [3.63, 3.8) is 0 Å². The lowest BCUT2D eigenvalue weighted by Crippen LogP contribution is -2.33. The van der Waals surface area contributed by atoms with Crippen LogP contribution in [0.15, 0.2) is 47.7 Å². The number of aromatic nitrogens is 3. The third-order valence-electron chi connectivity index (χ3n) is 6.06. The molecule has 1 fully saturated rings. The molecule has 0 radical (unpaired) electrons. The van der Waals surface area contributed by atoms with Crippen LogP contribution in [0.3, 0.4) is 0 Å². The maximum Gasteiger partial charge on any atom is 0.261 e. The van der Waals surface area contributed by atoms with Gasteiger partial charge in [0.1, 0.15) is 5.82 Å². The van der Waals surface area contributed by atoms with Gasteiger partial charge in [0.2, 0.25) is 0 Å². The first-order valence-electron chi connectivity index (χ1n) is 10.6. The molecule has 4 rings (SSSR count). The molecular weight excluding hydrogens is 381 g/mol. The van der Waals surface area contributed by atoms with E-state index in [1.807, 2.05) is 19.1 Å². The van der Waals surface area contributed by atoms with Crippen molar-refractivity contribution in [2.75, 3.05) is 0 Å². The second-order valence-electron chi connectivity index (χ2n) is 8.34. The summed E-state index contributed by atoms with van der Waals surface area (Å²) in [5.74, 6) is -0.150. The Morgan fingerprint density at radius 1 is 1.17 bits per heavy atom. The molecule has 3 aromatic rings. The predicted molar refractivity (Wildman–Crippen MR) is 114 cm³/mol. The third-order valence-corrected chi connectivity index (χ3v) is 6.06. The van der Waals surface area contributed by atoms with Gasteiger partial charge in [-0.2, -0.15) is 0 Å². The van der Waals surface area contributed by atoms with Crippen molar-refractivity contribution in [2.24, 2.45) is 5.92 Å².